The maximum absolute atomic E-state index is 15.2. The van der Waals surface area contributed by atoms with Crippen LogP contribution < -0.4 is 16.4 Å². The summed E-state index contributed by atoms with van der Waals surface area (Å²) in [5.41, 5.74) is 8.56. The van der Waals surface area contributed by atoms with Crippen LogP contribution in [0.2, 0.25) is 0 Å². The van der Waals surface area contributed by atoms with Crippen LogP contribution in [0.25, 0.3) is 0 Å². The zero-order chi connectivity index (χ0) is 30.9. The first kappa shape index (κ1) is 31.2. The summed E-state index contributed by atoms with van der Waals surface area (Å²) in [5.74, 6) is -2.61. The number of amides is 1. The van der Waals surface area contributed by atoms with Gasteiger partial charge in [-0.2, -0.15) is 4.31 Å². The van der Waals surface area contributed by atoms with E-state index in [0.29, 0.717) is 42.1 Å². The largest absolute Gasteiger partial charge is 0.324 e. The summed E-state index contributed by atoms with van der Waals surface area (Å²) in [7, 11) is -3.49. The van der Waals surface area contributed by atoms with Gasteiger partial charge in [0.05, 0.1) is 12.3 Å². The van der Waals surface area contributed by atoms with Crippen LogP contribution in [0.1, 0.15) is 47.4 Å². The number of nitrogens with two attached hydrogens (primary N) is 1. The van der Waals surface area contributed by atoms with Gasteiger partial charge in [0.25, 0.3) is 0 Å². The number of nitrogens with one attached hydrogen (secondary N) is 2. The Morgan fingerprint density at radius 3 is 2.40 bits per heavy atom. The molecule has 0 radical (unpaired) electrons. The Morgan fingerprint density at radius 2 is 1.74 bits per heavy atom. The lowest BCUT2D eigenvalue weighted by atomic mass is 9.84. The van der Waals surface area contributed by atoms with Crippen molar-refractivity contribution in [2.24, 2.45) is 11.7 Å². The molecule has 1 amide bonds. The number of hydrogen-bond donors (Lipinski definition) is 3. The van der Waals surface area contributed by atoms with Crippen molar-refractivity contribution in [3.63, 3.8) is 0 Å². The van der Waals surface area contributed by atoms with Gasteiger partial charge < -0.3 is 16.4 Å². The van der Waals surface area contributed by atoms with E-state index >= 15 is 4.39 Å². The van der Waals surface area contributed by atoms with E-state index in [4.69, 9.17) is 5.73 Å². The predicted molar refractivity (Wildman–Crippen MR) is 161 cm³/mol. The second-order valence-electron chi connectivity index (χ2n) is 11.7. The molecule has 0 aromatic heterocycles. The van der Waals surface area contributed by atoms with E-state index in [2.05, 4.69) is 10.6 Å². The number of halogens is 3. The minimum Gasteiger partial charge on any atom is -0.324 e. The zero-order valence-electron chi connectivity index (χ0n) is 24.2. The highest BCUT2D eigenvalue weighted by Gasteiger charge is 2.44. The fraction of sp³-hybridized carbons (Fsp3) is 0.406. The molecule has 1 saturated heterocycles. The third kappa shape index (κ3) is 7.29. The average Bonchev–Trinajstić information content (AvgIpc) is 3.78. The van der Waals surface area contributed by atoms with Crippen molar-refractivity contribution in [2.75, 3.05) is 24.7 Å². The molecule has 1 aliphatic carbocycles. The fourth-order valence-electron chi connectivity index (χ4n) is 6.28. The second kappa shape index (κ2) is 12.8. The summed E-state index contributed by atoms with van der Waals surface area (Å²) in [6.07, 6.45) is 3.72. The Hall–Kier alpha value is -3.25. The van der Waals surface area contributed by atoms with Crippen LogP contribution in [-0.4, -0.2) is 56.1 Å². The SMILES string of the molecule is Cc1cc(F)cc([C@H](c2ccc(F)cc2)[C@H](N)C(=O)Nc2cccc(F)c2CC[C@H]2CNCC(C3CC3)N2S(C)(=O)=O)c1. The van der Waals surface area contributed by atoms with Crippen molar-refractivity contribution < 1.29 is 26.4 Å². The van der Waals surface area contributed by atoms with Gasteiger partial charge in [0, 0.05) is 42.3 Å². The number of hydrogen-bond acceptors (Lipinski definition) is 5. The Labute approximate surface area is 250 Å². The third-order valence-electron chi connectivity index (χ3n) is 8.39. The number of nitrogens with zero attached hydrogens (tertiary/aromatic N) is 1. The molecule has 0 bridgehead atoms. The summed E-state index contributed by atoms with van der Waals surface area (Å²) in [6, 6.07) is 12.5. The number of anilines is 1. The fourth-order valence-corrected chi connectivity index (χ4v) is 7.74. The van der Waals surface area contributed by atoms with Crippen molar-refractivity contribution in [1.29, 1.82) is 0 Å². The Balaban J connectivity index is 1.38. The predicted octanol–water partition coefficient (Wildman–Crippen LogP) is 4.45. The number of carbonyl (C=O) groups excluding carboxylic acids is 1. The van der Waals surface area contributed by atoms with E-state index in [9.17, 15) is 22.0 Å². The minimum absolute atomic E-state index is 0.124. The maximum Gasteiger partial charge on any atom is 0.242 e. The Kier molecular flexibility index (Phi) is 9.26. The van der Waals surface area contributed by atoms with Crippen molar-refractivity contribution >= 4 is 21.6 Å². The molecule has 1 heterocycles. The zero-order valence-corrected chi connectivity index (χ0v) is 25.0. The standard InChI is InChI=1S/C32H37F3N4O3S/c1-19-14-22(16-24(34)15-19)30(21-8-10-23(33)11-9-21)31(36)32(40)38-28-5-3-4-27(35)26(28)13-12-25-17-37-18-29(20-6-7-20)39(25)43(2,41)42/h3-5,8-11,14-16,20,25,29-31,37H,6-7,12-13,17-18,36H2,1-2H3,(H,38,40)/t25-,29?,30-,31-/m0/s1. The minimum atomic E-state index is -3.49. The van der Waals surface area contributed by atoms with Gasteiger partial charge in [-0.15, -0.1) is 0 Å². The van der Waals surface area contributed by atoms with Gasteiger partial charge in [-0.3, -0.25) is 4.79 Å². The molecule has 2 aliphatic rings. The number of benzene rings is 3. The highest BCUT2D eigenvalue weighted by Crippen LogP contribution is 2.38. The molecule has 1 saturated carbocycles. The Bertz CT molecular complexity index is 1560. The molecule has 5 rings (SSSR count). The van der Waals surface area contributed by atoms with Gasteiger partial charge in [0.2, 0.25) is 15.9 Å². The highest BCUT2D eigenvalue weighted by molar-refractivity contribution is 7.88. The molecule has 2 fully saturated rings. The lowest BCUT2D eigenvalue weighted by molar-refractivity contribution is -0.117. The number of rotatable bonds is 10. The smallest absolute Gasteiger partial charge is 0.242 e. The van der Waals surface area contributed by atoms with E-state index < -0.39 is 45.3 Å². The highest BCUT2D eigenvalue weighted by atomic mass is 32.2. The molecule has 230 valence electrons. The molecule has 3 aromatic rings. The molecular weight excluding hydrogens is 577 g/mol. The van der Waals surface area contributed by atoms with Gasteiger partial charge in [-0.1, -0.05) is 24.3 Å². The quantitative estimate of drug-likeness (QED) is 0.313. The van der Waals surface area contributed by atoms with Gasteiger partial charge >= 0.3 is 0 Å². The van der Waals surface area contributed by atoms with Crippen LogP contribution in [-0.2, 0) is 21.2 Å². The number of piperazine rings is 1. The third-order valence-corrected chi connectivity index (χ3v) is 9.72. The molecule has 4 N–H and O–H groups in total. The molecule has 0 spiro atoms. The summed E-state index contributed by atoms with van der Waals surface area (Å²) in [4.78, 5) is 13.6. The van der Waals surface area contributed by atoms with Crippen LogP contribution in [0.4, 0.5) is 18.9 Å². The maximum atomic E-state index is 15.2. The van der Waals surface area contributed by atoms with Gasteiger partial charge in [0.1, 0.15) is 17.5 Å². The van der Waals surface area contributed by atoms with Crippen LogP contribution in [0.15, 0.2) is 60.7 Å². The Morgan fingerprint density at radius 1 is 1.02 bits per heavy atom. The first-order valence-electron chi connectivity index (χ1n) is 14.5. The van der Waals surface area contributed by atoms with Crippen molar-refractivity contribution in [2.45, 2.75) is 56.7 Å². The lowest BCUT2D eigenvalue weighted by Crippen LogP contribution is -2.59. The van der Waals surface area contributed by atoms with E-state index in [-0.39, 0.29) is 29.8 Å². The van der Waals surface area contributed by atoms with Crippen LogP contribution in [0.3, 0.4) is 0 Å². The average molecular weight is 615 g/mol. The molecule has 11 heteroatoms. The number of carbonyl (C=O) groups is 1. The van der Waals surface area contributed by atoms with E-state index in [0.717, 1.165) is 12.8 Å². The molecule has 43 heavy (non-hydrogen) atoms. The summed E-state index contributed by atoms with van der Waals surface area (Å²) < 4.78 is 70.5. The van der Waals surface area contributed by atoms with Gasteiger partial charge in [0.15, 0.2) is 0 Å². The molecule has 4 atom stereocenters. The summed E-state index contributed by atoms with van der Waals surface area (Å²) in [6.45, 7) is 2.76. The van der Waals surface area contributed by atoms with E-state index in [1.165, 1.54) is 54.8 Å². The van der Waals surface area contributed by atoms with Crippen LogP contribution in [0, 0.1) is 30.3 Å². The topological polar surface area (TPSA) is 105 Å². The monoisotopic (exact) mass is 614 g/mol. The first-order valence-corrected chi connectivity index (χ1v) is 16.3. The van der Waals surface area contributed by atoms with Crippen molar-refractivity contribution in [3.05, 3.63) is 100 Å². The normalized spacial score (nSPS) is 20.9. The lowest BCUT2D eigenvalue weighted by Gasteiger charge is -2.41. The molecule has 1 aliphatic heterocycles. The van der Waals surface area contributed by atoms with E-state index in [1.54, 1.807) is 23.4 Å². The molecule has 7 nitrogen and oxygen atoms in total. The van der Waals surface area contributed by atoms with Crippen LogP contribution >= 0.6 is 0 Å². The summed E-state index contributed by atoms with van der Waals surface area (Å²) >= 11 is 0. The summed E-state index contributed by atoms with van der Waals surface area (Å²) in [5, 5.41) is 6.10. The number of sulfonamides is 1. The van der Waals surface area contributed by atoms with Gasteiger partial charge in [-0.05, 0) is 91.6 Å². The molecule has 3 aromatic carbocycles. The first-order chi connectivity index (χ1) is 20.4. The van der Waals surface area contributed by atoms with Gasteiger partial charge in [-0.25, -0.2) is 21.6 Å². The molecule has 1 unspecified atom stereocenters. The van der Waals surface area contributed by atoms with E-state index in [1.807, 2.05) is 0 Å². The molecular formula is C32H37F3N4O3S. The van der Waals surface area contributed by atoms with Crippen molar-refractivity contribution in [3.8, 4) is 0 Å². The van der Waals surface area contributed by atoms with Crippen LogP contribution in [0.5, 0.6) is 0 Å². The second-order valence-corrected chi connectivity index (χ2v) is 13.6. The van der Waals surface area contributed by atoms with Crippen molar-refractivity contribution in [1.82, 2.24) is 9.62 Å². The number of aryl methyl sites for hydroxylation is 1.